The first kappa shape index (κ1) is 24.0. The molecule has 36 heavy (non-hydrogen) atoms. The zero-order valence-corrected chi connectivity index (χ0v) is 20.5. The summed E-state index contributed by atoms with van der Waals surface area (Å²) < 4.78 is 39.3. The van der Waals surface area contributed by atoms with Crippen LogP contribution in [0.25, 0.3) is 11.0 Å². The summed E-state index contributed by atoms with van der Waals surface area (Å²) >= 11 is 0. The number of hydrogen-bond acceptors (Lipinski definition) is 6. The van der Waals surface area contributed by atoms with Crippen LogP contribution >= 0.6 is 0 Å². The van der Waals surface area contributed by atoms with Crippen molar-refractivity contribution in [1.82, 2.24) is 4.31 Å². The Bertz CT molecular complexity index is 1500. The van der Waals surface area contributed by atoms with Crippen LogP contribution in [0.5, 0.6) is 0 Å². The molecule has 0 amide bonds. The fourth-order valence-electron chi connectivity index (χ4n) is 4.53. The van der Waals surface area contributed by atoms with Gasteiger partial charge in [-0.1, -0.05) is 60.2 Å². The van der Waals surface area contributed by atoms with Crippen molar-refractivity contribution in [1.29, 1.82) is 0 Å². The van der Waals surface area contributed by atoms with Crippen molar-refractivity contribution in [2.45, 2.75) is 30.7 Å². The Morgan fingerprint density at radius 1 is 1.00 bits per heavy atom. The number of benzene rings is 3. The fourth-order valence-corrected chi connectivity index (χ4v) is 6.13. The van der Waals surface area contributed by atoms with Crippen molar-refractivity contribution in [3.8, 4) is 0 Å². The number of ether oxygens (including phenoxy) is 1. The molecule has 0 N–H and O–H groups in total. The van der Waals surface area contributed by atoms with Gasteiger partial charge >= 0.3 is 5.97 Å². The largest absolute Gasteiger partial charge is 0.457 e. The summed E-state index contributed by atoms with van der Waals surface area (Å²) in [5.74, 6) is -1.02. The third-order valence-electron chi connectivity index (χ3n) is 6.42. The van der Waals surface area contributed by atoms with Gasteiger partial charge in [0.1, 0.15) is 5.58 Å². The highest BCUT2D eigenvalue weighted by Crippen LogP contribution is 2.36. The van der Waals surface area contributed by atoms with Crippen molar-refractivity contribution in [2.24, 2.45) is 0 Å². The Balaban J connectivity index is 1.35. The number of esters is 1. The van der Waals surface area contributed by atoms with Crippen molar-refractivity contribution in [3.63, 3.8) is 0 Å². The van der Waals surface area contributed by atoms with E-state index in [9.17, 15) is 18.0 Å². The topological polar surface area (TPSA) is 93.9 Å². The number of furan rings is 1. The van der Waals surface area contributed by atoms with Crippen LogP contribution in [-0.4, -0.2) is 37.6 Å². The lowest BCUT2D eigenvalue weighted by molar-refractivity contribution is -0.143. The summed E-state index contributed by atoms with van der Waals surface area (Å²) in [5, 5.41) is 0.781. The van der Waals surface area contributed by atoms with Crippen molar-refractivity contribution < 1.29 is 27.2 Å². The van der Waals surface area contributed by atoms with E-state index in [0.29, 0.717) is 12.0 Å². The molecule has 0 bridgehead atoms. The second-order valence-corrected chi connectivity index (χ2v) is 10.7. The van der Waals surface area contributed by atoms with E-state index in [2.05, 4.69) is 0 Å². The van der Waals surface area contributed by atoms with E-state index in [-0.39, 0.29) is 23.6 Å². The highest BCUT2D eigenvalue weighted by Gasteiger charge is 2.38. The minimum Gasteiger partial charge on any atom is -0.457 e. The SMILES string of the molecule is Cc1ccc(S(=O)(=O)N2CCc3ccccc3C2CC(=O)OCC(=O)c2cc3ccccc3o2)cc1. The molecular weight excluding hydrogens is 478 g/mol. The number of carbonyl (C=O) groups is 2. The normalized spacial score (nSPS) is 16.0. The van der Waals surface area contributed by atoms with Crippen molar-refractivity contribution in [2.75, 3.05) is 13.2 Å². The molecule has 0 fully saturated rings. The molecule has 184 valence electrons. The van der Waals surface area contributed by atoms with Gasteiger partial charge in [0.2, 0.25) is 15.8 Å². The first-order valence-electron chi connectivity index (χ1n) is 11.7. The van der Waals surface area contributed by atoms with Gasteiger partial charge in [-0.2, -0.15) is 4.31 Å². The molecule has 0 spiro atoms. The van der Waals surface area contributed by atoms with Crippen LogP contribution < -0.4 is 0 Å². The molecular formula is C28H25NO6S. The first-order valence-corrected chi connectivity index (χ1v) is 13.1. The highest BCUT2D eigenvalue weighted by molar-refractivity contribution is 7.89. The number of hydrogen-bond donors (Lipinski definition) is 0. The van der Waals surface area contributed by atoms with Crippen LogP contribution in [-0.2, 0) is 26.0 Å². The number of carbonyl (C=O) groups excluding carboxylic acids is 2. The predicted octanol–water partition coefficient (Wildman–Crippen LogP) is 4.85. The standard InChI is InChI=1S/C28H25NO6S/c1-19-10-12-22(13-11-19)36(32,33)29-15-14-20-6-2-4-8-23(20)24(29)17-28(31)34-18-25(30)27-16-21-7-3-5-9-26(21)35-27/h2-13,16,24H,14-15,17-18H2,1H3. The summed E-state index contributed by atoms with van der Waals surface area (Å²) in [6.45, 7) is 1.64. The van der Waals surface area contributed by atoms with Crippen LogP contribution in [0.4, 0.5) is 0 Å². The van der Waals surface area contributed by atoms with E-state index in [1.165, 1.54) is 4.31 Å². The minimum absolute atomic E-state index is 0.107. The molecule has 0 saturated heterocycles. The molecule has 4 aromatic rings. The van der Waals surface area contributed by atoms with Gasteiger partial charge in [0, 0.05) is 11.9 Å². The van der Waals surface area contributed by atoms with Gasteiger partial charge in [-0.25, -0.2) is 8.42 Å². The van der Waals surface area contributed by atoms with E-state index in [1.54, 1.807) is 42.5 Å². The number of sulfonamides is 1. The number of nitrogens with zero attached hydrogens (tertiary/aromatic N) is 1. The number of rotatable bonds is 7. The van der Waals surface area contributed by atoms with Gasteiger partial charge in [0.05, 0.1) is 17.4 Å². The molecule has 0 saturated carbocycles. The fraction of sp³-hybridized carbons (Fsp3) is 0.214. The van der Waals surface area contributed by atoms with Crippen LogP contribution in [0.15, 0.2) is 88.2 Å². The lowest BCUT2D eigenvalue weighted by atomic mass is 9.92. The average molecular weight is 504 g/mol. The average Bonchev–Trinajstić information content (AvgIpc) is 3.32. The third-order valence-corrected chi connectivity index (χ3v) is 8.34. The van der Waals surface area contributed by atoms with Gasteiger partial charge in [-0.05, 0) is 48.7 Å². The molecule has 0 radical (unpaired) electrons. The Morgan fingerprint density at radius 3 is 2.50 bits per heavy atom. The second kappa shape index (κ2) is 9.72. The minimum atomic E-state index is -3.86. The maximum atomic E-state index is 13.5. The van der Waals surface area contributed by atoms with Crippen LogP contribution in [0.2, 0.25) is 0 Å². The zero-order chi connectivity index (χ0) is 25.3. The molecule has 1 aromatic heterocycles. The monoisotopic (exact) mass is 503 g/mol. The maximum absolute atomic E-state index is 13.5. The summed E-state index contributed by atoms with van der Waals surface area (Å²) in [7, 11) is -3.86. The lowest BCUT2D eigenvalue weighted by Gasteiger charge is -2.36. The van der Waals surface area contributed by atoms with E-state index in [4.69, 9.17) is 9.15 Å². The molecule has 1 atom stereocenters. The predicted molar refractivity (Wildman–Crippen MR) is 134 cm³/mol. The smallest absolute Gasteiger partial charge is 0.308 e. The maximum Gasteiger partial charge on any atom is 0.308 e. The molecule has 7 nitrogen and oxygen atoms in total. The molecule has 3 aromatic carbocycles. The zero-order valence-electron chi connectivity index (χ0n) is 19.7. The summed E-state index contributed by atoms with van der Waals surface area (Å²) in [6, 6.07) is 22.2. The summed E-state index contributed by atoms with van der Waals surface area (Å²) in [6.07, 6.45) is 0.326. The number of fused-ring (bicyclic) bond motifs is 2. The Kier molecular flexibility index (Phi) is 6.47. The first-order chi connectivity index (χ1) is 17.3. The van der Waals surface area contributed by atoms with E-state index < -0.39 is 34.4 Å². The number of aryl methyl sites for hydroxylation is 1. The molecule has 1 aliphatic heterocycles. The number of ketones is 1. The summed E-state index contributed by atoms with van der Waals surface area (Å²) in [5.41, 5.74) is 3.28. The van der Waals surface area contributed by atoms with E-state index in [0.717, 1.165) is 22.1 Å². The van der Waals surface area contributed by atoms with Gasteiger partial charge in [0.25, 0.3) is 0 Å². The molecule has 1 aliphatic rings. The van der Waals surface area contributed by atoms with Gasteiger partial charge in [-0.3, -0.25) is 9.59 Å². The molecule has 0 aliphatic carbocycles. The van der Waals surface area contributed by atoms with Gasteiger partial charge in [-0.15, -0.1) is 0 Å². The van der Waals surface area contributed by atoms with Crippen molar-refractivity contribution >= 4 is 32.7 Å². The second-order valence-electron chi connectivity index (χ2n) is 8.83. The Morgan fingerprint density at radius 2 is 1.72 bits per heavy atom. The van der Waals surface area contributed by atoms with Crippen LogP contribution in [0, 0.1) is 6.92 Å². The van der Waals surface area contributed by atoms with Crippen LogP contribution in [0.3, 0.4) is 0 Å². The number of Topliss-reactive ketones (excluding diaryl/α,β-unsaturated/α-hetero) is 1. The lowest BCUT2D eigenvalue weighted by Crippen LogP contribution is -2.41. The van der Waals surface area contributed by atoms with Crippen LogP contribution in [0.1, 0.15) is 39.7 Å². The molecule has 2 heterocycles. The molecule has 8 heteroatoms. The quantitative estimate of drug-likeness (QED) is 0.265. The van der Waals surface area contributed by atoms with Gasteiger partial charge < -0.3 is 9.15 Å². The third kappa shape index (κ3) is 4.69. The van der Waals surface area contributed by atoms with Crippen molar-refractivity contribution in [3.05, 3.63) is 101 Å². The van der Waals surface area contributed by atoms with E-state index in [1.807, 2.05) is 43.3 Å². The highest BCUT2D eigenvalue weighted by atomic mass is 32.2. The molecule has 5 rings (SSSR count). The Hall–Kier alpha value is -3.75. The Labute approximate surface area is 209 Å². The summed E-state index contributed by atoms with van der Waals surface area (Å²) in [4.78, 5) is 25.6. The molecule has 1 unspecified atom stereocenters. The van der Waals surface area contributed by atoms with E-state index >= 15 is 0 Å². The van der Waals surface area contributed by atoms with Gasteiger partial charge in [0.15, 0.2) is 12.4 Å². The number of para-hydroxylation sites is 1.